The van der Waals surface area contributed by atoms with Crippen LogP contribution in [0.3, 0.4) is 0 Å². The predicted molar refractivity (Wildman–Crippen MR) is 67.1 cm³/mol. The second kappa shape index (κ2) is 6.23. The van der Waals surface area contributed by atoms with Gasteiger partial charge in [0, 0.05) is 5.33 Å². The molecule has 78 valence electrons. The Balaban J connectivity index is 2.62. The third kappa shape index (κ3) is 3.45. The molecular weight excluding hydrogens is 236 g/mol. The summed E-state index contributed by atoms with van der Waals surface area (Å²) in [5.74, 6) is 0.793. The van der Waals surface area contributed by atoms with Gasteiger partial charge in [0.25, 0.3) is 0 Å². The molecule has 0 saturated carbocycles. The summed E-state index contributed by atoms with van der Waals surface area (Å²) >= 11 is 3.60. The second-order valence-corrected chi connectivity index (χ2v) is 4.59. The topological polar surface area (TPSA) is 0 Å². The van der Waals surface area contributed by atoms with Crippen LogP contribution in [0.4, 0.5) is 0 Å². The SMILES string of the molecule is CCCC(CBr)Cc1ccccc1C. The van der Waals surface area contributed by atoms with E-state index in [0.717, 1.165) is 11.2 Å². The van der Waals surface area contributed by atoms with E-state index in [4.69, 9.17) is 0 Å². The molecule has 0 bridgehead atoms. The highest BCUT2D eigenvalue weighted by molar-refractivity contribution is 9.09. The van der Waals surface area contributed by atoms with Gasteiger partial charge < -0.3 is 0 Å². The van der Waals surface area contributed by atoms with Crippen LogP contribution in [0.2, 0.25) is 0 Å². The zero-order valence-electron chi connectivity index (χ0n) is 9.09. The van der Waals surface area contributed by atoms with Crippen LogP contribution in [0.25, 0.3) is 0 Å². The summed E-state index contributed by atoms with van der Waals surface area (Å²) in [6.07, 6.45) is 3.81. The molecule has 0 amide bonds. The van der Waals surface area contributed by atoms with Gasteiger partial charge >= 0.3 is 0 Å². The third-order valence-electron chi connectivity index (χ3n) is 2.68. The summed E-state index contributed by atoms with van der Waals surface area (Å²) in [5.41, 5.74) is 2.93. The number of hydrogen-bond donors (Lipinski definition) is 0. The van der Waals surface area contributed by atoms with E-state index >= 15 is 0 Å². The van der Waals surface area contributed by atoms with Crippen molar-refractivity contribution < 1.29 is 0 Å². The molecular formula is C13H19Br. The lowest BCUT2D eigenvalue weighted by Crippen LogP contribution is -2.06. The minimum absolute atomic E-state index is 0.793. The molecule has 0 radical (unpaired) electrons. The molecule has 0 spiro atoms. The molecule has 0 saturated heterocycles. The van der Waals surface area contributed by atoms with Crippen molar-refractivity contribution in [3.63, 3.8) is 0 Å². The summed E-state index contributed by atoms with van der Waals surface area (Å²) in [5, 5.41) is 1.12. The van der Waals surface area contributed by atoms with Gasteiger partial charge in [-0.2, -0.15) is 0 Å². The van der Waals surface area contributed by atoms with Gasteiger partial charge in [0.1, 0.15) is 0 Å². The molecule has 1 unspecified atom stereocenters. The fourth-order valence-electron chi connectivity index (χ4n) is 1.79. The first kappa shape index (κ1) is 11.8. The molecule has 1 rings (SSSR count). The summed E-state index contributed by atoms with van der Waals surface area (Å²) in [6.45, 7) is 4.46. The van der Waals surface area contributed by atoms with Crippen molar-refractivity contribution in [1.82, 2.24) is 0 Å². The Morgan fingerprint density at radius 3 is 2.57 bits per heavy atom. The van der Waals surface area contributed by atoms with E-state index in [2.05, 4.69) is 54.0 Å². The summed E-state index contributed by atoms with van der Waals surface area (Å²) < 4.78 is 0. The number of alkyl halides is 1. The molecule has 1 heteroatoms. The van der Waals surface area contributed by atoms with Gasteiger partial charge in [-0.25, -0.2) is 0 Å². The van der Waals surface area contributed by atoms with E-state index in [9.17, 15) is 0 Å². The normalized spacial score (nSPS) is 12.8. The second-order valence-electron chi connectivity index (χ2n) is 3.94. The molecule has 0 aliphatic heterocycles. The van der Waals surface area contributed by atoms with Crippen LogP contribution < -0.4 is 0 Å². The minimum Gasteiger partial charge on any atom is -0.0925 e. The van der Waals surface area contributed by atoms with E-state index in [1.165, 1.54) is 30.4 Å². The molecule has 1 aromatic rings. The number of rotatable bonds is 5. The van der Waals surface area contributed by atoms with Crippen molar-refractivity contribution >= 4 is 15.9 Å². The highest BCUT2D eigenvalue weighted by Gasteiger charge is 2.08. The first-order valence-corrected chi connectivity index (χ1v) is 6.50. The van der Waals surface area contributed by atoms with E-state index in [1.54, 1.807) is 0 Å². The Hall–Kier alpha value is -0.300. The average molecular weight is 255 g/mol. The van der Waals surface area contributed by atoms with Crippen molar-refractivity contribution in [3.05, 3.63) is 35.4 Å². The molecule has 14 heavy (non-hydrogen) atoms. The van der Waals surface area contributed by atoms with Crippen molar-refractivity contribution in [2.45, 2.75) is 33.1 Å². The Morgan fingerprint density at radius 1 is 1.29 bits per heavy atom. The zero-order chi connectivity index (χ0) is 10.4. The summed E-state index contributed by atoms with van der Waals surface area (Å²) in [7, 11) is 0. The molecule has 0 N–H and O–H groups in total. The maximum absolute atomic E-state index is 3.60. The maximum Gasteiger partial charge on any atom is 0.00628 e. The van der Waals surface area contributed by atoms with Gasteiger partial charge in [-0.05, 0) is 36.8 Å². The predicted octanol–water partition coefficient (Wildman–Crippen LogP) is 4.35. The molecule has 0 aromatic heterocycles. The van der Waals surface area contributed by atoms with E-state index in [-0.39, 0.29) is 0 Å². The van der Waals surface area contributed by atoms with Gasteiger partial charge in [-0.15, -0.1) is 0 Å². The number of hydrogen-bond acceptors (Lipinski definition) is 0. The van der Waals surface area contributed by atoms with Crippen LogP contribution in [-0.2, 0) is 6.42 Å². The van der Waals surface area contributed by atoms with Crippen molar-refractivity contribution in [1.29, 1.82) is 0 Å². The molecule has 1 atom stereocenters. The molecule has 0 heterocycles. The van der Waals surface area contributed by atoms with Crippen molar-refractivity contribution in [3.8, 4) is 0 Å². The van der Waals surface area contributed by atoms with Gasteiger partial charge in [-0.3, -0.25) is 0 Å². The smallest absolute Gasteiger partial charge is 0.00628 e. The summed E-state index contributed by atoms with van der Waals surface area (Å²) in [6, 6.07) is 8.70. The zero-order valence-corrected chi connectivity index (χ0v) is 10.7. The van der Waals surface area contributed by atoms with Gasteiger partial charge in [0.2, 0.25) is 0 Å². The van der Waals surface area contributed by atoms with Crippen molar-refractivity contribution in [2.75, 3.05) is 5.33 Å². The van der Waals surface area contributed by atoms with Gasteiger partial charge in [0.15, 0.2) is 0 Å². The van der Waals surface area contributed by atoms with E-state index in [1.807, 2.05) is 0 Å². The molecule has 0 nitrogen and oxygen atoms in total. The maximum atomic E-state index is 3.60. The van der Waals surface area contributed by atoms with E-state index < -0.39 is 0 Å². The third-order valence-corrected chi connectivity index (χ3v) is 3.60. The number of benzene rings is 1. The lowest BCUT2D eigenvalue weighted by atomic mass is 9.94. The molecule has 1 aromatic carbocycles. The number of aryl methyl sites for hydroxylation is 1. The largest absolute Gasteiger partial charge is 0.0925 e. The van der Waals surface area contributed by atoms with Crippen molar-refractivity contribution in [2.24, 2.45) is 5.92 Å². The molecule has 0 fully saturated rings. The van der Waals surface area contributed by atoms with Crippen LogP contribution in [0.5, 0.6) is 0 Å². The van der Waals surface area contributed by atoms with Crippen LogP contribution in [0.15, 0.2) is 24.3 Å². The molecule has 0 aliphatic rings. The number of halogens is 1. The Labute approximate surface area is 95.9 Å². The Bertz CT molecular complexity index is 268. The first-order valence-electron chi connectivity index (χ1n) is 5.38. The Kier molecular flexibility index (Phi) is 5.24. The first-order chi connectivity index (χ1) is 6.77. The standard InChI is InChI=1S/C13H19Br/c1-3-6-12(10-14)9-13-8-5-4-7-11(13)2/h4-5,7-8,12H,3,6,9-10H2,1-2H3. The van der Waals surface area contributed by atoms with Gasteiger partial charge in [0.05, 0.1) is 0 Å². The monoisotopic (exact) mass is 254 g/mol. The lowest BCUT2D eigenvalue weighted by molar-refractivity contribution is 0.533. The summed E-state index contributed by atoms with van der Waals surface area (Å²) in [4.78, 5) is 0. The van der Waals surface area contributed by atoms with Crippen LogP contribution >= 0.6 is 15.9 Å². The quantitative estimate of drug-likeness (QED) is 0.686. The molecule has 0 aliphatic carbocycles. The fraction of sp³-hybridized carbons (Fsp3) is 0.538. The highest BCUT2D eigenvalue weighted by Crippen LogP contribution is 2.18. The Morgan fingerprint density at radius 2 is 2.00 bits per heavy atom. The minimum atomic E-state index is 0.793. The van der Waals surface area contributed by atoms with E-state index in [0.29, 0.717) is 0 Å². The fourth-order valence-corrected chi connectivity index (χ4v) is 2.34. The highest BCUT2D eigenvalue weighted by atomic mass is 79.9. The van der Waals surface area contributed by atoms with Crippen LogP contribution in [-0.4, -0.2) is 5.33 Å². The van der Waals surface area contributed by atoms with Gasteiger partial charge in [-0.1, -0.05) is 53.5 Å². The lowest BCUT2D eigenvalue weighted by Gasteiger charge is -2.14. The average Bonchev–Trinajstić information content (AvgIpc) is 2.20. The van der Waals surface area contributed by atoms with Crippen LogP contribution in [0, 0.1) is 12.8 Å². The van der Waals surface area contributed by atoms with Crippen LogP contribution in [0.1, 0.15) is 30.9 Å².